The summed E-state index contributed by atoms with van der Waals surface area (Å²) in [4.78, 5) is 0. The summed E-state index contributed by atoms with van der Waals surface area (Å²) in [6.07, 6.45) is 1.90. The van der Waals surface area contributed by atoms with Gasteiger partial charge >= 0.3 is 0 Å². The molecule has 0 heterocycles. The number of aliphatic hydroxyl groups is 1. The van der Waals surface area contributed by atoms with Crippen molar-refractivity contribution in [3.05, 3.63) is 41.8 Å². The van der Waals surface area contributed by atoms with Crippen molar-refractivity contribution in [1.82, 2.24) is 0 Å². The topological polar surface area (TPSA) is 29.5 Å². The van der Waals surface area contributed by atoms with Crippen molar-refractivity contribution >= 4 is 6.08 Å². The van der Waals surface area contributed by atoms with E-state index in [9.17, 15) is 0 Å². The summed E-state index contributed by atoms with van der Waals surface area (Å²) in [7, 11) is 0. The quantitative estimate of drug-likeness (QED) is 0.824. The lowest BCUT2D eigenvalue weighted by molar-refractivity contribution is 0.241. The molecule has 0 saturated carbocycles. The van der Waals surface area contributed by atoms with Gasteiger partial charge in [0.05, 0.1) is 12.7 Å². The number of hydrogen-bond donors (Lipinski definition) is 1. The normalized spacial score (nSPS) is 10.9. The molecule has 1 rings (SSSR count). The highest BCUT2D eigenvalue weighted by molar-refractivity contribution is 5.63. The van der Waals surface area contributed by atoms with Crippen LogP contribution in [0.25, 0.3) is 6.08 Å². The molecule has 0 spiro atoms. The number of ether oxygens (including phenoxy) is 1. The summed E-state index contributed by atoms with van der Waals surface area (Å²) in [5.41, 5.74) is 1.94. The van der Waals surface area contributed by atoms with E-state index in [1.165, 1.54) is 0 Å². The zero-order valence-corrected chi connectivity index (χ0v) is 10.2. The van der Waals surface area contributed by atoms with Crippen molar-refractivity contribution in [2.75, 3.05) is 6.61 Å². The van der Waals surface area contributed by atoms with Gasteiger partial charge < -0.3 is 9.84 Å². The van der Waals surface area contributed by atoms with E-state index >= 15 is 0 Å². The van der Waals surface area contributed by atoms with Gasteiger partial charge in [-0.15, -0.1) is 0 Å². The number of rotatable bonds is 5. The van der Waals surface area contributed by atoms with Gasteiger partial charge in [-0.25, -0.2) is 0 Å². The summed E-state index contributed by atoms with van der Waals surface area (Å²) >= 11 is 0. The standard InChI is InChI=1S/C14H19O2/c1-5-12-13(11(4)9-15)7-6-8-14(12)16-10(2)3/h5-8,10,15H,1,9H2,2-4H3. The number of benzene rings is 1. The first kappa shape index (κ1) is 12.8. The van der Waals surface area contributed by atoms with Gasteiger partial charge in [0.1, 0.15) is 5.75 Å². The molecule has 0 atom stereocenters. The van der Waals surface area contributed by atoms with E-state index in [-0.39, 0.29) is 12.7 Å². The van der Waals surface area contributed by atoms with Crippen LogP contribution in [0.15, 0.2) is 24.8 Å². The maximum absolute atomic E-state index is 9.17. The highest BCUT2D eigenvalue weighted by Gasteiger charge is 2.13. The molecule has 0 aromatic heterocycles. The molecule has 1 radical (unpaired) electrons. The maximum atomic E-state index is 9.17. The van der Waals surface area contributed by atoms with E-state index in [2.05, 4.69) is 6.58 Å². The van der Waals surface area contributed by atoms with Crippen molar-refractivity contribution in [3.8, 4) is 5.75 Å². The fourth-order valence-electron chi connectivity index (χ4n) is 1.57. The largest absolute Gasteiger partial charge is 0.490 e. The summed E-state index contributed by atoms with van der Waals surface area (Å²) in [5, 5.41) is 9.17. The minimum Gasteiger partial charge on any atom is -0.490 e. The van der Waals surface area contributed by atoms with Crippen LogP contribution in [0.2, 0.25) is 0 Å². The van der Waals surface area contributed by atoms with Crippen LogP contribution >= 0.6 is 0 Å². The smallest absolute Gasteiger partial charge is 0.127 e. The highest BCUT2D eigenvalue weighted by atomic mass is 16.5. The van der Waals surface area contributed by atoms with Gasteiger partial charge in [0.2, 0.25) is 0 Å². The lowest BCUT2D eigenvalue weighted by atomic mass is 9.95. The summed E-state index contributed by atoms with van der Waals surface area (Å²) in [6, 6.07) is 5.82. The van der Waals surface area contributed by atoms with Crippen LogP contribution in [0.1, 0.15) is 31.9 Å². The zero-order chi connectivity index (χ0) is 12.1. The lowest BCUT2D eigenvalue weighted by Gasteiger charge is -2.17. The average molecular weight is 219 g/mol. The lowest BCUT2D eigenvalue weighted by Crippen LogP contribution is -2.09. The third-order valence-corrected chi connectivity index (χ3v) is 2.33. The Morgan fingerprint density at radius 2 is 2.19 bits per heavy atom. The SMILES string of the molecule is C=Cc1c(OC(C)C)cccc1[C](C)CO. The second-order valence-corrected chi connectivity index (χ2v) is 4.03. The molecular formula is C14H19O2. The predicted molar refractivity (Wildman–Crippen MR) is 67.4 cm³/mol. The Morgan fingerprint density at radius 1 is 1.50 bits per heavy atom. The van der Waals surface area contributed by atoms with Gasteiger partial charge in [-0.2, -0.15) is 0 Å². The molecule has 1 aromatic rings. The fourth-order valence-corrected chi connectivity index (χ4v) is 1.57. The molecule has 0 aliphatic rings. The molecule has 1 N–H and O–H groups in total. The van der Waals surface area contributed by atoms with Gasteiger partial charge in [0.15, 0.2) is 0 Å². The van der Waals surface area contributed by atoms with E-state index in [1.54, 1.807) is 6.08 Å². The Labute approximate surface area is 97.6 Å². The van der Waals surface area contributed by atoms with Gasteiger partial charge in [0, 0.05) is 11.5 Å². The molecule has 0 bridgehead atoms. The van der Waals surface area contributed by atoms with E-state index in [4.69, 9.17) is 9.84 Å². The van der Waals surface area contributed by atoms with Crippen LogP contribution in [-0.4, -0.2) is 17.8 Å². The summed E-state index contributed by atoms with van der Waals surface area (Å²) in [5.74, 6) is 1.74. The third kappa shape index (κ3) is 2.86. The Morgan fingerprint density at radius 3 is 2.69 bits per heavy atom. The van der Waals surface area contributed by atoms with Gasteiger partial charge in [-0.3, -0.25) is 0 Å². The Hall–Kier alpha value is -1.28. The van der Waals surface area contributed by atoms with Crippen LogP contribution in [0.5, 0.6) is 5.75 Å². The van der Waals surface area contributed by atoms with Crippen molar-refractivity contribution in [1.29, 1.82) is 0 Å². The molecule has 0 aliphatic carbocycles. The maximum Gasteiger partial charge on any atom is 0.127 e. The molecule has 0 saturated heterocycles. The van der Waals surface area contributed by atoms with Crippen molar-refractivity contribution in [2.24, 2.45) is 0 Å². The molecule has 2 heteroatoms. The van der Waals surface area contributed by atoms with Gasteiger partial charge in [-0.05, 0) is 25.5 Å². The predicted octanol–water partition coefficient (Wildman–Crippen LogP) is 3.05. The Bertz CT molecular complexity index is 356. The van der Waals surface area contributed by atoms with Crippen molar-refractivity contribution < 1.29 is 9.84 Å². The van der Waals surface area contributed by atoms with Crippen LogP contribution < -0.4 is 4.74 Å². The molecule has 0 unspecified atom stereocenters. The minimum atomic E-state index is 0.0476. The minimum absolute atomic E-state index is 0.0476. The molecule has 16 heavy (non-hydrogen) atoms. The molecule has 0 fully saturated rings. The van der Waals surface area contributed by atoms with E-state index in [0.717, 1.165) is 22.8 Å². The summed E-state index contributed by atoms with van der Waals surface area (Å²) in [6.45, 7) is 9.73. The van der Waals surface area contributed by atoms with Gasteiger partial charge in [0.25, 0.3) is 0 Å². The number of aliphatic hydroxyl groups excluding tert-OH is 1. The van der Waals surface area contributed by atoms with Crippen LogP contribution in [0, 0.1) is 5.92 Å². The van der Waals surface area contributed by atoms with E-state index < -0.39 is 0 Å². The molecule has 87 valence electrons. The van der Waals surface area contributed by atoms with Crippen LogP contribution in [0.4, 0.5) is 0 Å². The second-order valence-electron chi connectivity index (χ2n) is 4.03. The van der Waals surface area contributed by atoms with E-state index in [1.807, 2.05) is 39.0 Å². The molecule has 1 aromatic carbocycles. The highest BCUT2D eigenvalue weighted by Crippen LogP contribution is 2.29. The fraction of sp³-hybridized carbons (Fsp3) is 0.357. The zero-order valence-electron chi connectivity index (χ0n) is 10.2. The first-order valence-electron chi connectivity index (χ1n) is 5.46. The molecule has 2 nitrogen and oxygen atoms in total. The van der Waals surface area contributed by atoms with Crippen LogP contribution in [-0.2, 0) is 0 Å². The molecule has 0 amide bonds. The Balaban J connectivity index is 3.15. The van der Waals surface area contributed by atoms with Gasteiger partial charge in [-0.1, -0.05) is 31.7 Å². The third-order valence-electron chi connectivity index (χ3n) is 2.33. The summed E-state index contributed by atoms with van der Waals surface area (Å²) < 4.78 is 5.71. The first-order valence-corrected chi connectivity index (χ1v) is 5.46. The molecule has 0 aliphatic heterocycles. The first-order chi connectivity index (χ1) is 7.60. The number of hydrogen-bond acceptors (Lipinski definition) is 2. The molecular weight excluding hydrogens is 200 g/mol. The van der Waals surface area contributed by atoms with E-state index in [0.29, 0.717) is 0 Å². The van der Waals surface area contributed by atoms with Crippen molar-refractivity contribution in [2.45, 2.75) is 26.9 Å². The second kappa shape index (κ2) is 5.71. The average Bonchev–Trinajstić information content (AvgIpc) is 2.27. The monoisotopic (exact) mass is 219 g/mol. The van der Waals surface area contributed by atoms with Crippen molar-refractivity contribution in [3.63, 3.8) is 0 Å². The van der Waals surface area contributed by atoms with Crippen LogP contribution in [0.3, 0.4) is 0 Å². The Kier molecular flexibility index (Phi) is 4.56.